The summed E-state index contributed by atoms with van der Waals surface area (Å²) in [5.74, 6) is 1.01. The summed E-state index contributed by atoms with van der Waals surface area (Å²) in [6.45, 7) is 8.13. The minimum atomic E-state index is -0.423. The van der Waals surface area contributed by atoms with Gasteiger partial charge in [0.25, 0.3) is 0 Å². The second-order valence-corrected chi connectivity index (χ2v) is 7.52. The minimum Gasteiger partial charge on any atom is -0.459 e. The monoisotopic (exact) mass is 268 g/mol. The van der Waals surface area contributed by atoms with Gasteiger partial charge in [0.05, 0.1) is 11.5 Å². The minimum absolute atomic E-state index is 0.100. The first-order valence-electron chi connectivity index (χ1n) is 7.68. The average Bonchev–Trinajstić information content (AvgIpc) is 2.25. The van der Waals surface area contributed by atoms with Crippen molar-refractivity contribution >= 4 is 5.97 Å². The van der Waals surface area contributed by atoms with Gasteiger partial charge in [-0.15, -0.1) is 0 Å². The Labute approximate surface area is 116 Å². The van der Waals surface area contributed by atoms with E-state index in [1.54, 1.807) is 0 Å². The summed E-state index contributed by atoms with van der Waals surface area (Å²) >= 11 is 0. The fourth-order valence-electron chi connectivity index (χ4n) is 3.83. The van der Waals surface area contributed by atoms with Crippen molar-refractivity contribution in [1.29, 1.82) is 0 Å². The Morgan fingerprint density at radius 1 is 1.32 bits per heavy atom. The number of rotatable bonds is 3. The molecule has 2 fully saturated rings. The van der Waals surface area contributed by atoms with Crippen LogP contribution in [0.5, 0.6) is 0 Å². The molecule has 4 unspecified atom stereocenters. The molecule has 0 aromatic carbocycles. The molecule has 0 amide bonds. The zero-order chi connectivity index (χ0) is 14.3. The van der Waals surface area contributed by atoms with Crippen molar-refractivity contribution in [3.8, 4) is 0 Å². The molecule has 2 aliphatic carbocycles. The zero-order valence-corrected chi connectivity index (χ0v) is 12.7. The Morgan fingerprint density at radius 2 is 2.00 bits per heavy atom. The lowest BCUT2D eigenvalue weighted by Crippen LogP contribution is -2.50. The lowest BCUT2D eigenvalue weighted by atomic mass is 9.64. The average molecular weight is 268 g/mol. The molecule has 0 radical (unpaired) electrons. The fraction of sp³-hybridized carbons (Fsp3) is 0.938. The number of hydrogen-bond donors (Lipinski definition) is 1. The highest BCUT2D eigenvalue weighted by atomic mass is 16.6. The first kappa shape index (κ1) is 14.8. The largest absolute Gasteiger partial charge is 0.459 e. The van der Waals surface area contributed by atoms with Crippen LogP contribution in [-0.4, -0.2) is 22.8 Å². The number of carbonyl (C=O) groups excluding carboxylic acids is 1. The number of esters is 1. The molecule has 0 spiro atoms. The number of ether oxygens (including phenoxy) is 1. The van der Waals surface area contributed by atoms with Crippen LogP contribution in [0.15, 0.2) is 0 Å². The lowest BCUT2D eigenvalue weighted by molar-refractivity contribution is -0.189. The van der Waals surface area contributed by atoms with Gasteiger partial charge in [0.2, 0.25) is 0 Å². The van der Waals surface area contributed by atoms with Crippen LogP contribution in [0.2, 0.25) is 0 Å². The molecule has 19 heavy (non-hydrogen) atoms. The van der Waals surface area contributed by atoms with Crippen LogP contribution in [0.3, 0.4) is 0 Å². The van der Waals surface area contributed by atoms with Crippen LogP contribution in [0.25, 0.3) is 0 Å². The second-order valence-electron chi connectivity index (χ2n) is 7.52. The molecule has 0 aromatic heterocycles. The van der Waals surface area contributed by atoms with Gasteiger partial charge in [-0.3, -0.25) is 4.79 Å². The Hall–Kier alpha value is -0.570. The van der Waals surface area contributed by atoms with Crippen molar-refractivity contribution in [2.75, 3.05) is 0 Å². The van der Waals surface area contributed by atoms with Gasteiger partial charge < -0.3 is 9.84 Å². The highest BCUT2D eigenvalue weighted by molar-refractivity contribution is 5.76. The van der Waals surface area contributed by atoms with Crippen LogP contribution >= 0.6 is 0 Å². The van der Waals surface area contributed by atoms with Gasteiger partial charge in [-0.05, 0) is 57.8 Å². The zero-order valence-electron chi connectivity index (χ0n) is 12.7. The predicted molar refractivity (Wildman–Crippen MR) is 74.6 cm³/mol. The highest BCUT2D eigenvalue weighted by Crippen LogP contribution is 2.48. The summed E-state index contributed by atoms with van der Waals surface area (Å²) in [7, 11) is 0. The summed E-state index contributed by atoms with van der Waals surface area (Å²) in [4.78, 5) is 12.4. The van der Waals surface area contributed by atoms with E-state index < -0.39 is 11.0 Å². The van der Waals surface area contributed by atoms with E-state index in [4.69, 9.17) is 4.74 Å². The second kappa shape index (κ2) is 5.08. The van der Waals surface area contributed by atoms with E-state index in [1.807, 2.05) is 20.8 Å². The number of fused-ring (bicyclic) bond motifs is 2. The first-order chi connectivity index (χ1) is 8.76. The van der Waals surface area contributed by atoms with Crippen LogP contribution < -0.4 is 0 Å². The SMILES string of the molecule is CCC(C)(C)C(=O)OC12CC(C)CC(CC(O)C1)C2. The molecule has 3 nitrogen and oxygen atoms in total. The highest BCUT2D eigenvalue weighted by Gasteiger charge is 2.48. The Kier molecular flexibility index (Phi) is 3.97. The topological polar surface area (TPSA) is 46.5 Å². The molecule has 110 valence electrons. The van der Waals surface area contributed by atoms with Gasteiger partial charge >= 0.3 is 5.97 Å². The van der Waals surface area contributed by atoms with E-state index in [9.17, 15) is 9.90 Å². The van der Waals surface area contributed by atoms with Gasteiger partial charge in [0, 0.05) is 6.42 Å². The number of aliphatic hydroxyl groups is 1. The summed E-state index contributed by atoms with van der Waals surface area (Å²) in [6, 6.07) is 0. The quantitative estimate of drug-likeness (QED) is 0.799. The van der Waals surface area contributed by atoms with Gasteiger partial charge in [0.15, 0.2) is 0 Å². The summed E-state index contributed by atoms with van der Waals surface area (Å²) in [5, 5.41) is 10.0. The van der Waals surface area contributed by atoms with Crippen molar-refractivity contribution in [2.24, 2.45) is 17.3 Å². The molecule has 2 rings (SSSR count). The van der Waals surface area contributed by atoms with E-state index in [0.29, 0.717) is 18.3 Å². The Bertz CT molecular complexity index is 328. The molecule has 4 atom stereocenters. The third-order valence-electron chi connectivity index (χ3n) is 5.08. The molecule has 0 aromatic rings. The van der Waals surface area contributed by atoms with Gasteiger partial charge in [-0.1, -0.05) is 13.8 Å². The summed E-state index contributed by atoms with van der Waals surface area (Å²) < 4.78 is 5.95. The third-order valence-corrected chi connectivity index (χ3v) is 5.08. The first-order valence-corrected chi connectivity index (χ1v) is 7.68. The van der Waals surface area contributed by atoms with Gasteiger partial charge in [-0.25, -0.2) is 0 Å². The maximum Gasteiger partial charge on any atom is 0.312 e. The van der Waals surface area contributed by atoms with Crippen LogP contribution in [0.1, 0.15) is 66.2 Å². The number of aliphatic hydroxyl groups excluding tert-OH is 1. The molecule has 2 aliphatic rings. The summed E-state index contributed by atoms with van der Waals surface area (Å²) in [5.41, 5.74) is -0.823. The normalized spacial score (nSPS) is 38.9. The Morgan fingerprint density at radius 3 is 2.63 bits per heavy atom. The number of carbonyl (C=O) groups is 1. The Balaban J connectivity index is 2.13. The molecule has 2 saturated carbocycles. The van der Waals surface area contributed by atoms with Gasteiger partial charge in [0.1, 0.15) is 5.60 Å². The van der Waals surface area contributed by atoms with Crippen molar-refractivity contribution in [3.05, 3.63) is 0 Å². The van der Waals surface area contributed by atoms with E-state index in [-0.39, 0.29) is 12.1 Å². The van der Waals surface area contributed by atoms with Crippen molar-refractivity contribution in [2.45, 2.75) is 77.9 Å². The maximum atomic E-state index is 12.4. The third kappa shape index (κ3) is 3.13. The molecule has 0 saturated heterocycles. The smallest absolute Gasteiger partial charge is 0.312 e. The summed E-state index contributed by atoms with van der Waals surface area (Å²) in [6.07, 6.45) is 4.99. The fourth-order valence-corrected chi connectivity index (χ4v) is 3.83. The molecular formula is C16H28O3. The van der Waals surface area contributed by atoms with E-state index in [2.05, 4.69) is 6.92 Å². The molecule has 2 bridgehead atoms. The molecule has 3 heteroatoms. The number of hydrogen-bond acceptors (Lipinski definition) is 3. The molecule has 0 aliphatic heterocycles. The lowest BCUT2D eigenvalue weighted by Gasteiger charge is -2.49. The van der Waals surface area contributed by atoms with Crippen LogP contribution in [0, 0.1) is 17.3 Å². The van der Waals surface area contributed by atoms with E-state index >= 15 is 0 Å². The van der Waals surface area contributed by atoms with Crippen LogP contribution in [-0.2, 0) is 9.53 Å². The van der Waals surface area contributed by atoms with Gasteiger partial charge in [-0.2, -0.15) is 0 Å². The van der Waals surface area contributed by atoms with Crippen LogP contribution in [0.4, 0.5) is 0 Å². The standard InChI is InChI=1S/C16H28O3/c1-5-15(3,4)14(18)19-16-8-11(2)6-12(9-16)7-13(17)10-16/h11-13,17H,5-10H2,1-4H3. The van der Waals surface area contributed by atoms with Crippen molar-refractivity contribution < 1.29 is 14.6 Å². The van der Waals surface area contributed by atoms with Crippen molar-refractivity contribution in [3.63, 3.8) is 0 Å². The molecule has 1 N–H and O–H groups in total. The predicted octanol–water partition coefficient (Wildman–Crippen LogP) is 3.30. The molecule has 0 heterocycles. The molecular weight excluding hydrogens is 240 g/mol. The maximum absolute atomic E-state index is 12.4. The van der Waals surface area contributed by atoms with Crippen molar-refractivity contribution in [1.82, 2.24) is 0 Å². The van der Waals surface area contributed by atoms with E-state index in [1.165, 1.54) is 0 Å². The van der Waals surface area contributed by atoms with E-state index in [0.717, 1.165) is 32.1 Å².